The third kappa shape index (κ3) is 3.86. The van der Waals surface area contributed by atoms with Crippen LogP contribution in [-0.2, 0) is 25.8 Å². The molecule has 0 atom stereocenters. The van der Waals surface area contributed by atoms with Gasteiger partial charge in [0.2, 0.25) is 0 Å². The number of rotatable bonds is 4. The minimum atomic E-state index is -0.872. The molecule has 156 valence electrons. The molecule has 0 spiro atoms. The van der Waals surface area contributed by atoms with E-state index in [2.05, 4.69) is 18.2 Å². The van der Waals surface area contributed by atoms with Crippen molar-refractivity contribution in [3.05, 3.63) is 98.8 Å². The van der Waals surface area contributed by atoms with E-state index in [1.54, 1.807) is 22.0 Å². The van der Waals surface area contributed by atoms with Gasteiger partial charge in [-0.2, -0.15) is 0 Å². The molecule has 1 aliphatic heterocycles. The summed E-state index contributed by atoms with van der Waals surface area (Å²) in [6.45, 7) is 0.967. The lowest BCUT2D eigenvalue weighted by Gasteiger charge is -2.23. The number of aromatic nitrogens is 1. The van der Waals surface area contributed by atoms with Gasteiger partial charge in [0.15, 0.2) is 0 Å². The zero-order valence-corrected chi connectivity index (χ0v) is 17.8. The average Bonchev–Trinajstić information content (AvgIpc) is 3.15. The van der Waals surface area contributed by atoms with Gasteiger partial charge < -0.3 is 10.0 Å². The number of thiophene rings is 1. The first kappa shape index (κ1) is 19.6. The van der Waals surface area contributed by atoms with Gasteiger partial charge in [-0.1, -0.05) is 36.4 Å². The second-order valence-electron chi connectivity index (χ2n) is 7.87. The van der Waals surface area contributed by atoms with Gasteiger partial charge in [0.05, 0.1) is 12.2 Å². The summed E-state index contributed by atoms with van der Waals surface area (Å²) in [4.78, 5) is 26.7. The molecule has 5 nitrogen and oxygen atoms in total. The van der Waals surface area contributed by atoms with Gasteiger partial charge >= 0.3 is 6.09 Å². The smallest absolute Gasteiger partial charge is 0.407 e. The summed E-state index contributed by atoms with van der Waals surface area (Å²) in [7, 11) is 0. The van der Waals surface area contributed by atoms with E-state index in [4.69, 9.17) is 0 Å². The van der Waals surface area contributed by atoms with Gasteiger partial charge in [0.1, 0.15) is 0 Å². The Hall–Kier alpha value is -3.38. The van der Waals surface area contributed by atoms with Crippen LogP contribution in [0.4, 0.5) is 4.79 Å². The first-order chi connectivity index (χ1) is 15.1. The van der Waals surface area contributed by atoms with Gasteiger partial charge in [-0.25, -0.2) is 4.79 Å². The summed E-state index contributed by atoms with van der Waals surface area (Å²) in [6, 6.07) is 20.1. The van der Waals surface area contributed by atoms with Crippen LogP contribution in [0.5, 0.6) is 0 Å². The first-order valence-electron chi connectivity index (χ1n) is 10.4. The van der Waals surface area contributed by atoms with E-state index >= 15 is 0 Å². The van der Waals surface area contributed by atoms with Crippen molar-refractivity contribution >= 4 is 27.5 Å². The molecule has 4 aromatic rings. The van der Waals surface area contributed by atoms with Crippen LogP contribution in [0.25, 0.3) is 15.8 Å². The Labute approximate surface area is 183 Å². The Balaban J connectivity index is 1.40. The standard InChI is InChI=1S/C25H22N2O3S/c28-24-14-18(7-6-17-4-2-1-3-5-17)10-13-27(24)19-8-9-20-21-11-12-26(25(29)30)16-23(21)31-22(20)15-19/h1-5,8-10,13-15H,6-7,11-12,16H2,(H,29,30). The molecule has 1 N–H and O–H groups in total. The number of carbonyl (C=O) groups is 1. The van der Waals surface area contributed by atoms with Gasteiger partial charge in [-0.3, -0.25) is 9.36 Å². The maximum absolute atomic E-state index is 12.8. The monoisotopic (exact) mass is 430 g/mol. The van der Waals surface area contributed by atoms with Crippen molar-refractivity contribution in [1.29, 1.82) is 0 Å². The number of aryl methyl sites for hydroxylation is 2. The van der Waals surface area contributed by atoms with Crippen molar-refractivity contribution in [2.24, 2.45) is 0 Å². The Bertz CT molecular complexity index is 1320. The maximum Gasteiger partial charge on any atom is 0.407 e. The predicted molar refractivity (Wildman–Crippen MR) is 123 cm³/mol. The number of amides is 1. The molecule has 0 saturated heterocycles. The van der Waals surface area contributed by atoms with Crippen molar-refractivity contribution in [3.8, 4) is 5.69 Å². The SMILES string of the molecule is O=C(O)N1CCc2c(sc3cc(-n4ccc(CCc5ccccc5)cc4=O)ccc23)C1. The molecule has 0 radical (unpaired) electrons. The Kier molecular flexibility index (Phi) is 5.08. The molecule has 1 aliphatic rings. The molecule has 31 heavy (non-hydrogen) atoms. The number of hydrogen-bond acceptors (Lipinski definition) is 3. The lowest BCUT2D eigenvalue weighted by Crippen LogP contribution is -2.33. The fraction of sp³-hybridized carbons (Fsp3) is 0.200. The quantitative estimate of drug-likeness (QED) is 0.502. The molecule has 3 heterocycles. The predicted octanol–water partition coefficient (Wildman–Crippen LogP) is 4.87. The lowest BCUT2D eigenvalue weighted by molar-refractivity contribution is 0.140. The van der Waals surface area contributed by atoms with Crippen LogP contribution in [0.3, 0.4) is 0 Å². The largest absolute Gasteiger partial charge is 0.465 e. The Morgan fingerprint density at radius 1 is 1.00 bits per heavy atom. The van der Waals surface area contributed by atoms with Crippen molar-refractivity contribution in [2.75, 3.05) is 6.54 Å². The van der Waals surface area contributed by atoms with E-state index < -0.39 is 6.09 Å². The Morgan fingerprint density at radius 2 is 1.81 bits per heavy atom. The topological polar surface area (TPSA) is 62.5 Å². The van der Waals surface area contributed by atoms with Crippen LogP contribution in [0.15, 0.2) is 71.7 Å². The summed E-state index contributed by atoms with van der Waals surface area (Å²) in [5.41, 5.74) is 4.34. The van der Waals surface area contributed by atoms with Gasteiger partial charge in [-0.15, -0.1) is 11.3 Å². The van der Waals surface area contributed by atoms with Crippen molar-refractivity contribution in [1.82, 2.24) is 9.47 Å². The zero-order valence-electron chi connectivity index (χ0n) is 17.0. The number of pyridine rings is 1. The minimum Gasteiger partial charge on any atom is -0.465 e. The highest BCUT2D eigenvalue weighted by atomic mass is 32.1. The van der Waals surface area contributed by atoms with Crippen LogP contribution >= 0.6 is 11.3 Å². The number of carboxylic acid groups (broad SMARTS) is 1. The van der Waals surface area contributed by atoms with E-state index in [0.29, 0.717) is 13.1 Å². The van der Waals surface area contributed by atoms with Crippen molar-refractivity contribution in [3.63, 3.8) is 0 Å². The summed E-state index contributed by atoms with van der Waals surface area (Å²) in [6.07, 6.45) is 3.45. The van der Waals surface area contributed by atoms with E-state index in [1.165, 1.54) is 21.4 Å². The van der Waals surface area contributed by atoms with E-state index in [1.807, 2.05) is 42.6 Å². The lowest BCUT2D eigenvalue weighted by atomic mass is 10.0. The molecule has 6 heteroatoms. The van der Waals surface area contributed by atoms with Crippen LogP contribution in [0.2, 0.25) is 0 Å². The van der Waals surface area contributed by atoms with Crippen molar-refractivity contribution < 1.29 is 9.90 Å². The summed E-state index contributed by atoms with van der Waals surface area (Å²) in [5, 5.41) is 10.4. The first-order valence-corrected chi connectivity index (χ1v) is 11.2. The second-order valence-corrected chi connectivity index (χ2v) is 9.00. The molecule has 0 aliphatic carbocycles. The normalized spacial score (nSPS) is 13.4. The van der Waals surface area contributed by atoms with E-state index in [-0.39, 0.29) is 5.56 Å². The molecular weight excluding hydrogens is 408 g/mol. The molecule has 0 bridgehead atoms. The van der Waals surface area contributed by atoms with Crippen LogP contribution < -0.4 is 5.56 Å². The molecule has 0 unspecified atom stereocenters. The highest BCUT2D eigenvalue weighted by molar-refractivity contribution is 7.19. The highest BCUT2D eigenvalue weighted by Gasteiger charge is 2.23. The molecule has 5 rings (SSSR count). The molecule has 0 saturated carbocycles. The van der Waals surface area contributed by atoms with E-state index in [9.17, 15) is 14.7 Å². The fourth-order valence-corrected chi connectivity index (χ4v) is 5.53. The molecule has 2 aromatic carbocycles. The summed E-state index contributed by atoms with van der Waals surface area (Å²) >= 11 is 1.62. The average molecular weight is 431 g/mol. The number of fused-ring (bicyclic) bond motifs is 3. The number of hydrogen-bond donors (Lipinski definition) is 1. The minimum absolute atomic E-state index is 0.0386. The van der Waals surface area contributed by atoms with Crippen LogP contribution in [-0.4, -0.2) is 27.2 Å². The summed E-state index contributed by atoms with van der Waals surface area (Å²) < 4.78 is 2.77. The van der Waals surface area contributed by atoms with Crippen LogP contribution in [0.1, 0.15) is 21.6 Å². The van der Waals surface area contributed by atoms with E-state index in [0.717, 1.165) is 40.1 Å². The third-order valence-electron chi connectivity index (χ3n) is 5.90. The highest BCUT2D eigenvalue weighted by Crippen LogP contribution is 2.36. The second kappa shape index (κ2) is 8.04. The maximum atomic E-state index is 12.8. The fourth-order valence-electron chi connectivity index (χ4n) is 4.23. The summed E-state index contributed by atoms with van der Waals surface area (Å²) in [5.74, 6) is 0. The molecule has 2 aromatic heterocycles. The van der Waals surface area contributed by atoms with Crippen LogP contribution in [0, 0.1) is 0 Å². The Morgan fingerprint density at radius 3 is 2.58 bits per heavy atom. The molecular formula is C25H22N2O3S. The number of nitrogens with zero attached hydrogens (tertiary/aromatic N) is 2. The third-order valence-corrected chi connectivity index (χ3v) is 7.08. The van der Waals surface area contributed by atoms with Crippen molar-refractivity contribution in [2.45, 2.75) is 25.8 Å². The van der Waals surface area contributed by atoms with Gasteiger partial charge in [0.25, 0.3) is 5.56 Å². The molecule has 1 amide bonds. The molecule has 0 fully saturated rings. The number of benzene rings is 2. The van der Waals surface area contributed by atoms with Gasteiger partial charge in [-0.05, 0) is 59.5 Å². The van der Waals surface area contributed by atoms with Gasteiger partial charge in [0, 0.05) is 28.4 Å². The zero-order chi connectivity index (χ0) is 21.4.